The summed E-state index contributed by atoms with van der Waals surface area (Å²) in [6.07, 6.45) is -0.824. The van der Waals surface area contributed by atoms with Gasteiger partial charge in [-0.05, 0) is 42.0 Å². The number of aliphatic hydroxyl groups excluding tert-OH is 1. The summed E-state index contributed by atoms with van der Waals surface area (Å²) in [5.41, 5.74) is 1.26. The zero-order chi connectivity index (χ0) is 22.2. The summed E-state index contributed by atoms with van der Waals surface area (Å²) in [7, 11) is 0. The maximum Gasteiger partial charge on any atom is 0.343 e. The third-order valence-corrected chi connectivity index (χ3v) is 4.50. The van der Waals surface area contributed by atoms with Gasteiger partial charge < -0.3 is 19.9 Å². The van der Waals surface area contributed by atoms with Crippen LogP contribution in [0.15, 0.2) is 78.9 Å². The molecule has 6 heteroatoms. The maximum absolute atomic E-state index is 12.6. The van der Waals surface area contributed by atoms with Gasteiger partial charge in [-0.25, -0.2) is 9.59 Å². The Labute approximate surface area is 181 Å². The van der Waals surface area contributed by atoms with E-state index in [4.69, 9.17) is 9.47 Å². The highest BCUT2D eigenvalue weighted by Gasteiger charge is 2.19. The van der Waals surface area contributed by atoms with Gasteiger partial charge in [0.2, 0.25) is 0 Å². The lowest BCUT2D eigenvalue weighted by atomic mass is 10.1. The highest BCUT2D eigenvalue weighted by molar-refractivity contribution is 5.93. The van der Waals surface area contributed by atoms with Gasteiger partial charge in [0.1, 0.15) is 0 Å². The van der Waals surface area contributed by atoms with Crippen molar-refractivity contribution in [2.45, 2.75) is 26.0 Å². The summed E-state index contributed by atoms with van der Waals surface area (Å²) >= 11 is 0. The molecule has 0 bridgehead atoms. The van der Waals surface area contributed by atoms with E-state index in [9.17, 15) is 14.7 Å². The monoisotopic (exact) mass is 419 g/mol. The Morgan fingerprint density at radius 1 is 0.806 bits per heavy atom. The SMILES string of the molecule is CC(C)NCC(O)c1ccc(OC(=O)c2ccccc2)c(OC(=O)c2ccccc2)c1. The lowest BCUT2D eigenvalue weighted by molar-refractivity contribution is 0.0681. The Bertz CT molecular complexity index is 1020. The molecule has 2 N–H and O–H groups in total. The molecule has 6 nitrogen and oxygen atoms in total. The Kier molecular flexibility index (Phi) is 7.54. The van der Waals surface area contributed by atoms with Gasteiger partial charge in [0, 0.05) is 12.6 Å². The molecule has 3 aromatic carbocycles. The maximum atomic E-state index is 12.6. The average Bonchev–Trinajstić information content (AvgIpc) is 2.79. The van der Waals surface area contributed by atoms with Gasteiger partial charge in [0.05, 0.1) is 17.2 Å². The fourth-order valence-electron chi connectivity index (χ4n) is 2.83. The molecule has 0 radical (unpaired) electrons. The smallest absolute Gasteiger partial charge is 0.343 e. The van der Waals surface area contributed by atoms with Crippen molar-refractivity contribution in [1.29, 1.82) is 0 Å². The van der Waals surface area contributed by atoms with Crippen molar-refractivity contribution in [3.05, 3.63) is 95.6 Å². The first-order valence-corrected chi connectivity index (χ1v) is 10.0. The van der Waals surface area contributed by atoms with Crippen LogP contribution in [0.5, 0.6) is 11.5 Å². The molecular weight excluding hydrogens is 394 g/mol. The normalized spacial score (nSPS) is 11.7. The molecule has 0 aliphatic carbocycles. The second kappa shape index (κ2) is 10.5. The van der Waals surface area contributed by atoms with Crippen LogP contribution in [-0.2, 0) is 0 Å². The summed E-state index contributed by atoms with van der Waals surface area (Å²) < 4.78 is 11.0. The zero-order valence-corrected chi connectivity index (χ0v) is 17.4. The van der Waals surface area contributed by atoms with E-state index in [1.165, 1.54) is 12.1 Å². The van der Waals surface area contributed by atoms with Crippen molar-refractivity contribution in [1.82, 2.24) is 5.32 Å². The van der Waals surface area contributed by atoms with Gasteiger partial charge in [-0.3, -0.25) is 0 Å². The molecule has 0 aliphatic heterocycles. The topological polar surface area (TPSA) is 84.9 Å². The first-order chi connectivity index (χ1) is 14.9. The molecule has 0 saturated heterocycles. The molecule has 0 fully saturated rings. The zero-order valence-electron chi connectivity index (χ0n) is 17.4. The lowest BCUT2D eigenvalue weighted by Crippen LogP contribution is -2.27. The summed E-state index contributed by atoms with van der Waals surface area (Å²) in [6.45, 7) is 4.28. The molecule has 0 saturated carbocycles. The molecule has 0 aromatic heterocycles. The van der Waals surface area contributed by atoms with Gasteiger partial charge >= 0.3 is 11.9 Å². The highest BCUT2D eigenvalue weighted by atomic mass is 16.6. The standard InChI is InChI=1S/C25H25NO5/c1-17(2)26-16-21(27)20-13-14-22(30-24(28)18-9-5-3-6-10-18)23(15-20)31-25(29)19-11-7-4-8-12-19/h3-15,17,21,26-27H,16H2,1-2H3. The number of ether oxygens (including phenoxy) is 2. The van der Waals surface area contributed by atoms with E-state index in [1.54, 1.807) is 66.7 Å². The van der Waals surface area contributed by atoms with Crippen LogP contribution in [0.4, 0.5) is 0 Å². The molecule has 3 rings (SSSR count). The van der Waals surface area contributed by atoms with E-state index in [0.717, 1.165) is 0 Å². The highest BCUT2D eigenvalue weighted by Crippen LogP contribution is 2.32. The lowest BCUT2D eigenvalue weighted by Gasteiger charge is -2.17. The Hall–Kier alpha value is -3.48. The Balaban J connectivity index is 1.87. The third kappa shape index (κ3) is 6.25. The van der Waals surface area contributed by atoms with Crippen LogP contribution in [0.2, 0.25) is 0 Å². The van der Waals surface area contributed by atoms with E-state index in [2.05, 4.69) is 5.32 Å². The number of benzene rings is 3. The van der Waals surface area contributed by atoms with Crippen LogP contribution < -0.4 is 14.8 Å². The molecule has 0 aliphatic rings. The molecular formula is C25H25NO5. The fourth-order valence-corrected chi connectivity index (χ4v) is 2.83. The largest absolute Gasteiger partial charge is 0.419 e. The molecule has 0 spiro atoms. The predicted molar refractivity (Wildman–Crippen MR) is 117 cm³/mol. The fraction of sp³-hybridized carbons (Fsp3) is 0.200. The van der Waals surface area contributed by atoms with Crippen LogP contribution in [0.1, 0.15) is 46.2 Å². The van der Waals surface area contributed by atoms with Gasteiger partial charge in [-0.1, -0.05) is 56.3 Å². The molecule has 160 valence electrons. The molecule has 1 atom stereocenters. The van der Waals surface area contributed by atoms with Crippen LogP contribution in [0, 0.1) is 0 Å². The van der Waals surface area contributed by atoms with Crippen LogP contribution in [-0.4, -0.2) is 29.6 Å². The minimum atomic E-state index is -0.824. The molecule has 31 heavy (non-hydrogen) atoms. The Morgan fingerprint density at radius 3 is 1.84 bits per heavy atom. The van der Waals surface area contributed by atoms with Gasteiger partial charge in [-0.2, -0.15) is 0 Å². The Morgan fingerprint density at radius 2 is 1.32 bits per heavy atom. The van der Waals surface area contributed by atoms with Gasteiger partial charge in [-0.15, -0.1) is 0 Å². The van der Waals surface area contributed by atoms with E-state index >= 15 is 0 Å². The minimum absolute atomic E-state index is 0.0548. The number of hydrogen-bond donors (Lipinski definition) is 2. The van der Waals surface area contributed by atoms with E-state index in [0.29, 0.717) is 23.2 Å². The number of carbonyl (C=O) groups is 2. The molecule has 0 heterocycles. The first kappa shape index (κ1) is 22.2. The number of carbonyl (C=O) groups excluding carboxylic acids is 2. The number of nitrogens with one attached hydrogen (secondary N) is 1. The van der Waals surface area contributed by atoms with E-state index in [1.807, 2.05) is 13.8 Å². The third-order valence-electron chi connectivity index (χ3n) is 4.50. The summed E-state index contributed by atoms with van der Waals surface area (Å²) in [6, 6.07) is 21.9. The van der Waals surface area contributed by atoms with Crippen molar-refractivity contribution in [2.24, 2.45) is 0 Å². The number of rotatable bonds is 8. The average molecular weight is 419 g/mol. The first-order valence-electron chi connectivity index (χ1n) is 10.0. The van der Waals surface area contributed by atoms with Crippen LogP contribution in [0.3, 0.4) is 0 Å². The second-order valence-electron chi connectivity index (χ2n) is 7.30. The molecule has 1 unspecified atom stereocenters. The van der Waals surface area contributed by atoms with Gasteiger partial charge in [0.25, 0.3) is 0 Å². The molecule has 0 amide bonds. The van der Waals surface area contributed by atoms with Crippen LogP contribution in [0.25, 0.3) is 0 Å². The second-order valence-corrected chi connectivity index (χ2v) is 7.30. The predicted octanol–water partition coefficient (Wildman–Crippen LogP) is 4.16. The number of esters is 2. The van der Waals surface area contributed by atoms with Crippen LogP contribution >= 0.6 is 0 Å². The summed E-state index contributed by atoms with van der Waals surface area (Å²) in [5.74, 6) is -1.03. The quantitative estimate of drug-likeness (QED) is 0.421. The van der Waals surface area contributed by atoms with Crippen molar-refractivity contribution in [2.75, 3.05) is 6.54 Å². The molecule has 3 aromatic rings. The van der Waals surface area contributed by atoms with E-state index < -0.39 is 18.0 Å². The summed E-state index contributed by atoms with van der Waals surface area (Å²) in [4.78, 5) is 25.1. The number of hydrogen-bond acceptors (Lipinski definition) is 6. The van der Waals surface area contributed by atoms with Crippen molar-refractivity contribution >= 4 is 11.9 Å². The van der Waals surface area contributed by atoms with Crippen molar-refractivity contribution in [3.8, 4) is 11.5 Å². The van der Waals surface area contributed by atoms with Crippen molar-refractivity contribution < 1.29 is 24.2 Å². The number of aliphatic hydroxyl groups is 1. The minimum Gasteiger partial charge on any atom is -0.419 e. The van der Waals surface area contributed by atoms with Gasteiger partial charge in [0.15, 0.2) is 11.5 Å². The summed E-state index contributed by atoms with van der Waals surface area (Å²) in [5, 5.41) is 13.6. The van der Waals surface area contributed by atoms with E-state index in [-0.39, 0.29) is 17.5 Å². The van der Waals surface area contributed by atoms with Crippen molar-refractivity contribution in [3.63, 3.8) is 0 Å².